The molecule has 0 saturated carbocycles. The maximum atomic E-state index is 12.4. The Morgan fingerprint density at radius 1 is 1.28 bits per heavy atom. The second-order valence-corrected chi connectivity index (χ2v) is 6.96. The molecule has 0 unspecified atom stereocenters. The Morgan fingerprint density at radius 3 is 2.83 bits per heavy atom. The fraction of sp³-hybridized carbons (Fsp3) is 0.364. The third kappa shape index (κ3) is 2.03. The molecule has 0 radical (unpaired) electrons. The third-order valence-electron chi connectivity index (χ3n) is 3.02. The number of piperazine rings is 1. The summed E-state index contributed by atoms with van der Waals surface area (Å²) in [4.78, 5) is 4.52. The van der Waals surface area contributed by atoms with Gasteiger partial charge in [0, 0.05) is 26.2 Å². The lowest BCUT2D eigenvalue weighted by Gasteiger charge is -2.26. The quantitative estimate of drug-likeness (QED) is 0.889. The number of thiazole rings is 1. The Kier molecular flexibility index (Phi) is 3.06. The Labute approximate surface area is 109 Å². The maximum absolute atomic E-state index is 12.4. The Morgan fingerprint density at radius 2 is 2.06 bits per heavy atom. The number of aromatic nitrogens is 1. The molecule has 96 valence electrons. The number of sulfonamides is 1. The minimum atomic E-state index is -3.36. The van der Waals surface area contributed by atoms with Crippen LogP contribution in [0.2, 0.25) is 0 Å². The fourth-order valence-corrected chi connectivity index (χ4v) is 4.29. The van der Waals surface area contributed by atoms with Crippen LogP contribution in [0.4, 0.5) is 0 Å². The van der Waals surface area contributed by atoms with Crippen LogP contribution in [0.15, 0.2) is 28.6 Å². The highest BCUT2D eigenvalue weighted by Gasteiger charge is 2.25. The monoisotopic (exact) mass is 283 g/mol. The van der Waals surface area contributed by atoms with Gasteiger partial charge in [0.15, 0.2) is 0 Å². The molecule has 1 aliphatic heterocycles. The highest BCUT2D eigenvalue weighted by molar-refractivity contribution is 7.89. The molecule has 3 rings (SSSR count). The van der Waals surface area contributed by atoms with E-state index in [1.54, 1.807) is 23.7 Å². The van der Waals surface area contributed by atoms with Crippen LogP contribution in [-0.4, -0.2) is 43.9 Å². The van der Waals surface area contributed by atoms with Gasteiger partial charge in [0.2, 0.25) is 10.0 Å². The van der Waals surface area contributed by atoms with E-state index in [1.165, 1.54) is 15.6 Å². The van der Waals surface area contributed by atoms with Crippen molar-refractivity contribution in [1.29, 1.82) is 0 Å². The van der Waals surface area contributed by atoms with Crippen molar-refractivity contribution in [3.05, 3.63) is 23.7 Å². The molecule has 1 fully saturated rings. The summed E-state index contributed by atoms with van der Waals surface area (Å²) in [5.41, 5.74) is 2.57. The molecular formula is C11H13N3O2S2. The molecule has 0 aliphatic carbocycles. The largest absolute Gasteiger partial charge is 0.314 e. The van der Waals surface area contributed by atoms with E-state index in [4.69, 9.17) is 0 Å². The number of nitrogens with one attached hydrogen (secondary N) is 1. The zero-order chi connectivity index (χ0) is 12.6. The predicted molar refractivity (Wildman–Crippen MR) is 71.2 cm³/mol. The molecule has 0 bridgehead atoms. The molecule has 2 heterocycles. The topological polar surface area (TPSA) is 62.3 Å². The predicted octanol–water partition coefficient (Wildman–Crippen LogP) is 0.890. The standard InChI is InChI=1S/C11H13N3O2S2/c15-18(16,14-5-3-12-4-6-14)9-1-2-10-11(7-9)17-8-13-10/h1-2,7-8,12H,3-6H2. The van der Waals surface area contributed by atoms with Crippen LogP contribution in [0.3, 0.4) is 0 Å². The van der Waals surface area contributed by atoms with Gasteiger partial charge in [-0.2, -0.15) is 4.31 Å². The van der Waals surface area contributed by atoms with E-state index in [0.29, 0.717) is 31.1 Å². The van der Waals surface area contributed by atoms with E-state index in [2.05, 4.69) is 10.3 Å². The van der Waals surface area contributed by atoms with Crippen molar-refractivity contribution in [3.63, 3.8) is 0 Å². The highest BCUT2D eigenvalue weighted by Crippen LogP contribution is 2.24. The van der Waals surface area contributed by atoms with E-state index >= 15 is 0 Å². The van der Waals surface area contributed by atoms with Crippen molar-refractivity contribution >= 4 is 31.6 Å². The van der Waals surface area contributed by atoms with Crippen molar-refractivity contribution in [2.45, 2.75) is 4.90 Å². The van der Waals surface area contributed by atoms with Crippen LogP contribution in [0.5, 0.6) is 0 Å². The van der Waals surface area contributed by atoms with E-state index in [-0.39, 0.29) is 0 Å². The lowest BCUT2D eigenvalue weighted by Crippen LogP contribution is -2.46. The first-order valence-electron chi connectivity index (χ1n) is 5.72. The molecule has 18 heavy (non-hydrogen) atoms. The first kappa shape index (κ1) is 12.0. The van der Waals surface area contributed by atoms with Gasteiger partial charge in [0.25, 0.3) is 0 Å². The summed E-state index contributed by atoms with van der Waals surface area (Å²) in [6.07, 6.45) is 0. The average Bonchev–Trinajstić information content (AvgIpc) is 2.87. The third-order valence-corrected chi connectivity index (χ3v) is 5.70. The summed E-state index contributed by atoms with van der Waals surface area (Å²) in [7, 11) is -3.36. The van der Waals surface area contributed by atoms with Crippen molar-refractivity contribution in [2.24, 2.45) is 0 Å². The Bertz CT molecular complexity index is 660. The normalized spacial score (nSPS) is 18.2. The first-order chi connectivity index (χ1) is 8.68. The molecule has 0 amide bonds. The molecule has 1 aromatic heterocycles. The van der Waals surface area contributed by atoms with E-state index in [1.807, 2.05) is 0 Å². The summed E-state index contributed by atoms with van der Waals surface area (Å²) >= 11 is 1.46. The van der Waals surface area contributed by atoms with E-state index < -0.39 is 10.0 Å². The van der Waals surface area contributed by atoms with Gasteiger partial charge in [-0.25, -0.2) is 13.4 Å². The van der Waals surface area contributed by atoms with Gasteiger partial charge in [-0.3, -0.25) is 0 Å². The second kappa shape index (κ2) is 4.58. The molecule has 1 aliphatic rings. The number of hydrogen-bond acceptors (Lipinski definition) is 5. The lowest BCUT2D eigenvalue weighted by molar-refractivity contribution is 0.360. The van der Waals surface area contributed by atoms with Gasteiger partial charge >= 0.3 is 0 Å². The van der Waals surface area contributed by atoms with Crippen LogP contribution >= 0.6 is 11.3 Å². The minimum absolute atomic E-state index is 0.362. The zero-order valence-corrected chi connectivity index (χ0v) is 11.3. The lowest BCUT2D eigenvalue weighted by atomic mass is 10.3. The summed E-state index contributed by atoms with van der Waals surface area (Å²) in [6, 6.07) is 5.12. The highest BCUT2D eigenvalue weighted by atomic mass is 32.2. The molecule has 1 N–H and O–H groups in total. The smallest absolute Gasteiger partial charge is 0.243 e. The summed E-state index contributed by atoms with van der Waals surface area (Å²) in [6.45, 7) is 2.48. The van der Waals surface area contributed by atoms with Gasteiger partial charge in [-0.05, 0) is 18.2 Å². The van der Waals surface area contributed by atoms with Gasteiger partial charge in [-0.1, -0.05) is 0 Å². The summed E-state index contributed by atoms with van der Waals surface area (Å²) in [5.74, 6) is 0. The summed E-state index contributed by atoms with van der Waals surface area (Å²) in [5, 5.41) is 3.15. The Balaban J connectivity index is 2.01. The fourth-order valence-electron chi connectivity index (χ4n) is 2.03. The molecule has 7 heteroatoms. The molecule has 1 saturated heterocycles. The van der Waals surface area contributed by atoms with Gasteiger partial charge in [-0.15, -0.1) is 11.3 Å². The van der Waals surface area contributed by atoms with Crippen molar-refractivity contribution in [3.8, 4) is 0 Å². The van der Waals surface area contributed by atoms with Crippen molar-refractivity contribution in [1.82, 2.24) is 14.6 Å². The van der Waals surface area contributed by atoms with Gasteiger partial charge < -0.3 is 5.32 Å². The Hall–Kier alpha value is -1.02. The van der Waals surface area contributed by atoms with Gasteiger partial charge in [0.1, 0.15) is 0 Å². The van der Waals surface area contributed by atoms with Crippen LogP contribution in [-0.2, 0) is 10.0 Å². The molecule has 5 nitrogen and oxygen atoms in total. The SMILES string of the molecule is O=S(=O)(c1ccc2ncsc2c1)N1CCNCC1. The number of rotatable bonds is 2. The van der Waals surface area contributed by atoms with E-state index in [0.717, 1.165) is 10.2 Å². The average molecular weight is 283 g/mol. The molecule has 0 spiro atoms. The van der Waals surface area contributed by atoms with Crippen molar-refractivity contribution in [2.75, 3.05) is 26.2 Å². The second-order valence-electron chi connectivity index (χ2n) is 4.14. The molecule has 0 atom stereocenters. The van der Waals surface area contributed by atoms with E-state index in [9.17, 15) is 8.42 Å². The van der Waals surface area contributed by atoms with Crippen LogP contribution in [0.1, 0.15) is 0 Å². The first-order valence-corrected chi connectivity index (χ1v) is 8.04. The number of nitrogens with zero attached hydrogens (tertiary/aromatic N) is 2. The molecule has 1 aromatic carbocycles. The molecule has 2 aromatic rings. The maximum Gasteiger partial charge on any atom is 0.243 e. The summed E-state index contributed by atoms with van der Waals surface area (Å²) < 4.78 is 27.3. The van der Waals surface area contributed by atoms with Crippen LogP contribution in [0.25, 0.3) is 10.2 Å². The zero-order valence-electron chi connectivity index (χ0n) is 9.67. The van der Waals surface area contributed by atoms with Crippen molar-refractivity contribution < 1.29 is 8.42 Å². The number of benzene rings is 1. The van der Waals surface area contributed by atoms with Crippen LogP contribution < -0.4 is 5.32 Å². The minimum Gasteiger partial charge on any atom is -0.314 e. The van der Waals surface area contributed by atoms with Gasteiger partial charge in [0.05, 0.1) is 20.6 Å². The van der Waals surface area contributed by atoms with Crippen LogP contribution in [0, 0.1) is 0 Å². The number of hydrogen-bond donors (Lipinski definition) is 1. The molecular weight excluding hydrogens is 270 g/mol. The number of fused-ring (bicyclic) bond motifs is 1.